The van der Waals surface area contributed by atoms with E-state index < -0.39 is 11.9 Å². The van der Waals surface area contributed by atoms with Gasteiger partial charge in [0.25, 0.3) is 0 Å². The Morgan fingerprint density at radius 2 is 0.698 bits per heavy atom. The molecule has 0 saturated heterocycles. The van der Waals surface area contributed by atoms with Crippen LogP contribution in [0, 0.1) is 0 Å². The lowest BCUT2D eigenvalue weighted by Crippen LogP contribution is -1.93. The number of rotatable bonds is 22. The number of carbonyl (C=O) groups is 2. The maximum atomic E-state index is 10.2. The zero-order valence-corrected chi connectivity index (χ0v) is 27.1. The quantitative estimate of drug-likeness (QED) is 0.0999. The number of phenols is 2. The zero-order chi connectivity index (χ0) is 32.0. The number of phenolic OH excluding ortho intramolecular Hbond substituents is 2. The molecule has 0 amide bonds. The van der Waals surface area contributed by atoms with Crippen molar-refractivity contribution in [2.24, 2.45) is 0 Å². The molecule has 0 unspecified atom stereocenters. The van der Waals surface area contributed by atoms with Gasteiger partial charge in [0.1, 0.15) is 11.5 Å². The predicted molar refractivity (Wildman–Crippen MR) is 178 cm³/mol. The second kappa shape index (κ2) is 29.1. The third-order valence-electron chi connectivity index (χ3n) is 7.27. The third kappa shape index (κ3) is 28.9. The molecule has 2 aromatic rings. The molecule has 2 aromatic carbocycles. The first kappa shape index (κ1) is 40.0. The fourth-order valence-electron chi connectivity index (χ4n) is 4.64. The molecule has 0 aliphatic carbocycles. The highest BCUT2D eigenvalue weighted by Crippen LogP contribution is 2.16. The van der Waals surface area contributed by atoms with Gasteiger partial charge < -0.3 is 20.4 Å². The van der Waals surface area contributed by atoms with E-state index in [4.69, 9.17) is 20.4 Å². The van der Waals surface area contributed by atoms with Crippen molar-refractivity contribution in [1.29, 1.82) is 0 Å². The monoisotopic (exact) mass is 600 g/mol. The molecule has 244 valence electrons. The van der Waals surface area contributed by atoms with Crippen LogP contribution in [-0.4, -0.2) is 32.4 Å². The van der Waals surface area contributed by atoms with Crippen LogP contribution in [0.3, 0.4) is 0 Å². The Morgan fingerprint density at radius 3 is 0.953 bits per heavy atom. The molecule has 0 radical (unpaired) electrons. The van der Waals surface area contributed by atoms with Crippen molar-refractivity contribution < 1.29 is 30.0 Å². The smallest absolute Gasteiger partial charge is 0.303 e. The van der Waals surface area contributed by atoms with Crippen LogP contribution < -0.4 is 0 Å². The van der Waals surface area contributed by atoms with E-state index in [9.17, 15) is 9.59 Å². The molecule has 0 aromatic heterocycles. The molecule has 0 atom stereocenters. The molecule has 43 heavy (non-hydrogen) atoms. The van der Waals surface area contributed by atoms with Crippen LogP contribution >= 0.6 is 0 Å². The van der Waals surface area contributed by atoms with Crippen LogP contribution in [0.15, 0.2) is 48.5 Å². The first-order valence-electron chi connectivity index (χ1n) is 16.8. The highest BCUT2D eigenvalue weighted by Gasteiger charge is 1.98. The second-order valence-corrected chi connectivity index (χ2v) is 11.5. The molecule has 6 heteroatoms. The lowest BCUT2D eigenvalue weighted by molar-refractivity contribution is -0.138. The Labute approximate surface area is 261 Å². The Balaban J connectivity index is 0.000000617. The number of carboxylic acid groups (broad SMARTS) is 2. The summed E-state index contributed by atoms with van der Waals surface area (Å²) < 4.78 is 0. The normalized spacial score (nSPS) is 10.3. The molecule has 0 saturated carbocycles. The van der Waals surface area contributed by atoms with Crippen molar-refractivity contribution in [3.8, 4) is 11.5 Å². The summed E-state index contributed by atoms with van der Waals surface area (Å²) in [6, 6.07) is 14.3. The summed E-state index contributed by atoms with van der Waals surface area (Å²) in [4.78, 5) is 20.4. The van der Waals surface area contributed by atoms with Gasteiger partial charge in [-0.3, -0.25) is 9.59 Å². The lowest BCUT2D eigenvalue weighted by Gasteiger charge is -2.02. The topological polar surface area (TPSA) is 115 Å². The maximum absolute atomic E-state index is 10.2. The summed E-state index contributed by atoms with van der Waals surface area (Å²) >= 11 is 0. The van der Waals surface area contributed by atoms with E-state index in [2.05, 4.69) is 13.8 Å². The van der Waals surface area contributed by atoms with Crippen LogP contribution in [0.2, 0.25) is 0 Å². The highest BCUT2D eigenvalue weighted by atomic mass is 16.4. The summed E-state index contributed by atoms with van der Waals surface area (Å²) in [7, 11) is 0. The van der Waals surface area contributed by atoms with Gasteiger partial charge in [-0.2, -0.15) is 0 Å². The van der Waals surface area contributed by atoms with Crippen LogP contribution in [-0.2, 0) is 16.0 Å². The molecule has 4 N–H and O–H groups in total. The molecular formula is C37H60O6. The number of benzene rings is 2. The van der Waals surface area contributed by atoms with Gasteiger partial charge in [-0.25, -0.2) is 0 Å². The van der Waals surface area contributed by atoms with Gasteiger partial charge in [-0.1, -0.05) is 141 Å². The van der Waals surface area contributed by atoms with Gasteiger partial charge in [-0.05, 0) is 54.7 Å². The largest absolute Gasteiger partial charge is 0.508 e. The summed E-state index contributed by atoms with van der Waals surface area (Å²) in [6.45, 7) is 4.46. The van der Waals surface area contributed by atoms with E-state index in [1.54, 1.807) is 24.3 Å². The van der Waals surface area contributed by atoms with Crippen molar-refractivity contribution in [3.63, 3.8) is 0 Å². The maximum Gasteiger partial charge on any atom is 0.303 e. The molecule has 0 fully saturated rings. The van der Waals surface area contributed by atoms with Gasteiger partial charge in [0.2, 0.25) is 0 Å². The Bertz CT molecular complexity index is 832. The fourth-order valence-corrected chi connectivity index (χ4v) is 4.64. The third-order valence-corrected chi connectivity index (χ3v) is 7.27. The minimum Gasteiger partial charge on any atom is -0.508 e. The summed E-state index contributed by atoms with van der Waals surface area (Å²) in [5.41, 5.74) is 2.27. The predicted octanol–water partition coefficient (Wildman–Crippen LogP) is 10.7. The van der Waals surface area contributed by atoms with E-state index in [0.29, 0.717) is 12.8 Å². The van der Waals surface area contributed by atoms with Gasteiger partial charge in [0, 0.05) is 12.8 Å². The number of hydrogen-bond donors (Lipinski definition) is 4. The van der Waals surface area contributed by atoms with Crippen molar-refractivity contribution >= 4 is 11.9 Å². The highest BCUT2D eigenvalue weighted by molar-refractivity contribution is 5.66. The number of aromatic hydroxyl groups is 2. The van der Waals surface area contributed by atoms with E-state index in [1.807, 2.05) is 24.3 Å². The van der Waals surface area contributed by atoms with Crippen LogP contribution in [0.1, 0.15) is 153 Å². The van der Waals surface area contributed by atoms with E-state index in [-0.39, 0.29) is 11.5 Å². The molecule has 0 spiro atoms. The molecule has 6 nitrogen and oxygen atoms in total. The molecule has 2 rings (SSSR count). The number of carboxylic acids is 2. The summed E-state index contributed by atoms with van der Waals surface area (Å²) in [5, 5.41) is 35.1. The molecular weight excluding hydrogens is 540 g/mol. The van der Waals surface area contributed by atoms with Crippen molar-refractivity contribution in [2.75, 3.05) is 0 Å². The van der Waals surface area contributed by atoms with Crippen molar-refractivity contribution in [3.05, 3.63) is 59.7 Å². The Kier molecular flexibility index (Phi) is 27.0. The van der Waals surface area contributed by atoms with E-state index >= 15 is 0 Å². The van der Waals surface area contributed by atoms with Crippen molar-refractivity contribution in [2.45, 2.75) is 149 Å². The van der Waals surface area contributed by atoms with Crippen LogP contribution in [0.4, 0.5) is 0 Å². The number of unbranched alkanes of at least 4 members (excludes halogenated alkanes) is 16. The zero-order valence-electron chi connectivity index (χ0n) is 27.1. The molecule has 0 aliphatic rings. The molecule has 0 heterocycles. The van der Waals surface area contributed by atoms with Gasteiger partial charge in [-0.15, -0.1) is 0 Å². The summed E-state index contributed by atoms with van der Waals surface area (Å²) in [6.07, 6.45) is 23.8. The Hall–Kier alpha value is -3.02. The molecule has 0 bridgehead atoms. The standard InChI is InChI=1S/C13H12O2.2C12H24O2/c14-12-5-1-10(2-6-12)9-11-3-7-13(15)8-4-11;2*1-2-3-4-5-6-7-8-9-10-11-12(13)14/h1-8,14-15H,9H2;2*2-11H2,1H3,(H,13,14). The summed E-state index contributed by atoms with van der Waals surface area (Å²) in [5.74, 6) is -0.755. The molecule has 0 aliphatic heterocycles. The van der Waals surface area contributed by atoms with Crippen LogP contribution in [0.25, 0.3) is 0 Å². The minimum absolute atomic E-state index is 0.282. The van der Waals surface area contributed by atoms with Crippen LogP contribution in [0.5, 0.6) is 11.5 Å². The second-order valence-electron chi connectivity index (χ2n) is 11.5. The Morgan fingerprint density at radius 1 is 0.442 bits per heavy atom. The average Bonchev–Trinajstić information content (AvgIpc) is 2.98. The van der Waals surface area contributed by atoms with Gasteiger partial charge in [0.05, 0.1) is 0 Å². The first-order chi connectivity index (χ1) is 20.8. The number of aliphatic carboxylic acids is 2. The van der Waals surface area contributed by atoms with Gasteiger partial charge >= 0.3 is 11.9 Å². The lowest BCUT2D eigenvalue weighted by atomic mass is 10.1. The van der Waals surface area contributed by atoms with Crippen molar-refractivity contribution in [1.82, 2.24) is 0 Å². The fraction of sp³-hybridized carbons (Fsp3) is 0.622. The average molecular weight is 601 g/mol. The van der Waals surface area contributed by atoms with E-state index in [1.165, 1.54) is 89.9 Å². The SMILES string of the molecule is CCCCCCCCCCCC(=O)O.CCCCCCCCCCCC(=O)O.Oc1ccc(Cc2ccc(O)cc2)cc1. The first-order valence-corrected chi connectivity index (χ1v) is 16.8. The minimum atomic E-state index is -0.659. The van der Waals surface area contributed by atoms with E-state index in [0.717, 1.165) is 43.2 Å². The number of hydrogen-bond acceptors (Lipinski definition) is 4. The van der Waals surface area contributed by atoms with Gasteiger partial charge in [0.15, 0.2) is 0 Å².